The van der Waals surface area contributed by atoms with E-state index in [1.165, 1.54) is 0 Å². The second kappa shape index (κ2) is 4.23. The van der Waals surface area contributed by atoms with Crippen molar-refractivity contribution in [3.63, 3.8) is 0 Å². The molecule has 0 aromatic carbocycles. The van der Waals surface area contributed by atoms with E-state index in [2.05, 4.69) is 41.4 Å². The van der Waals surface area contributed by atoms with Gasteiger partial charge in [-0.1, -0.05) is 13.8 Å². The summed E-state index contributed by atoms with van der Waals surface area (Å²) in [5, 5.41) is 0. The third kappa shape index (κ3) is 2.31. The standard InChI is InChI=1S/C9H14IN3/c1-5(2)8(11)6-3-13-4-7(10)9(6)12/h3-5,8H,11H2,1-2H3,(H2,12,13)/t8-/m1/s1. The molecule has 4 N–H and O–H groups in total. The SMILES string of the molecule is CC(C)[C@@H](N)c1cncc(I)c1N. The van der Waals surface area contributed by atoms with Crippen LogP contribution in [0.15, 0.2) is 12.4 Å². The third-order valence-corrected chi connectivity index (χ3v) is 2.91. The number of aromatic nitrogens is 1. The van der Waals surface area contributed by atoms with Gasteiger partial charge in [-0.15, -0.1) is 0 Å². The van der Waals surface area contributed by atoms with E-state index in [0.717, 1.165) is 14.8 Å². The minimum atomic E-state index is -0.0257. The Morgan fingerprint density at radius 2 is 2.00 bits per heavy atom. The van der Waals surface area contributed by atoms with Gasteiger partial charge in [0.2, 0.25) is 0 Å². The van der Waals surface area contributed by atoms with Crippen molar-refractivity contribution in [3.8, 4) is 0 Å². The van der Waals surface area contributed by atoms with Gasteiger partial charge in [0.15, 0.2) is 0 Å². The number of pyridine rings is 1. The number of hydrogen-bond donors (Lipinski definition) is 2. The molecule has 0 radical (unpaired) electrons. The van der Waals surface area contributed by atoms with E-state index in [0.29, 0.717) is 5.92 Å². The maximum atomic E-state index is 5.98. The summed E-state index contributed by atoms with van der Waals surface area (Å²) < 4.78 is 0.964. The summed E-state index contributed by atoms with van der Waals surface area (Å²) in [6, 6.07) is -0.0257. The topological polar surface area (TPSA) is 64.9 Å². The largest absolute Gasteiger partial charge is 0.398 e. The van der Waals surface area contributed by atoms with Crippen molar-refractivity contribution in [1.82, 2.24) is 4.98 Å². The summed E-state index contributed by atoms with van der Waals surface area (Å²) in [5.74, 6) is 0.377. The molecule has 0 saturated heterocycles. The first-order valence-corrected chi connectivity index (χ1v) is 5.26. The molecule has 0 saturated carbocycles. The molecule has 0 unspecified atom stereocenters. The first-order chi connectivity index (χ1) is 6.04. The molecule has 72 valence electrons. The number of hydrogen-bond acceptors (Lipinski definition) is 3. The van der Waals surface area contributed by atoms with E-state index in [-0.39, 0.29) is 6.04 Å². The van der Waals surface area contributed by atoms with Gasteiger partial charge >= 0.3 is 0 Å². The van der Waals surface area contributed by atoms with E-state index in [1.54, 1.807) is 12.4 Å². The first kappa shape index (κ1) is 10.7. The van der Waals surface area contributed by atoms with Gasteiger partial charge in [0.1, 0.15) is 0 Å². The summed E-state index contributed by atoms with van der Waals surface area (Å²) in [4.78, 5) is 4.08. The summed E-state index contributed by atoms with van der Waals surface area (Å²) in [6.45, 7) is 4.15. The minimum absolute atomic E-state index is 0.0257. The molecule has 0 spiro atoms. The Labute approximate surface area is 92.1 Å². The zero-order valence-corrected chi connectivity index (χ0v) is 9.95. The molecule has 0 aliphatic heterocycles. The summed E-state index contributed by atoms with van der Waals surface area (Å²) in [7, 11) is 0. The quantitative estimate of drug-likeness (QED) is 0.818. The average Bonchev–Trinajstić information content (AvgIpc) is 2.08. The fraction of sp³-hybridized carbons (Fsp3) is 0.444. The predicted octanol–water partition coefficient (Wildman–Crippen LogP) is 1.92. The lowest BCUT2D eigenvalue weighted by molar-refractivity contribution is 0.514. The van der Waals surface area contributed by atoms with Gasteiger partial charge in [0.05, 0.1) is 9.26 Å². The van der Waals surface area contributed by atoms with Crippen LogP contribution in [0.3, 0.4) is 0 Å². The summed E-state index contributed by atoms with van der Waals surface area (Å²) >= 11 is 2.16. The van der Waals surface area contributed by atoms with Crippen LogP contribution in [-0.2, 0) is 0 Å². The van der Waals surface area contributed by atoms with Gasteiger partial charge in [-0.3, -0.25) is 4.98 Å². The van der Waals surface area contributed by atoms with Crippen molar-refractivity contribution in [2.45, 2.75) is 19.9 Å². The van der Waals surface area contributed by atoms with E-state index < -0.39 is 0 Å². The van der Waals surface area contributed by atoms with Crippen molar-refractivity contribution in [3.05, 3.63) is 21.5 Å². The van der Waals surface area contributed by atoms with Crippen LogP contribution < -0.4 is 11.5 Å². The van der Waals surface area contributed by atoms with Crippen molar-refractivity contribution >= 4 is 28.3 Å². The molecule has 0 bridgehead atoms. The summed E-state index contributed by atoms with van der Waals surface area (Å²) in [5.41, 5.74) is 13.6. The van der Waals surface area contributed by atoms with Crippen LogP contribution in [-0.4, -0.2) is 4.98 Å². The van der Waals surface area contributed by atoms with E-state index in [9.17, 15) is 0 Å². The molecular weight excluding hydrogens is 277 g/mol. The molecular formula is C9H14IN3. The van der Waals surface area contributed by atoms with Crippen LogP contribution in [0.1, 0.15) is 25.5 Å². The average molecular weight is 291 g/mol. The normalized spacial score (nSPS) is 13.3. The van der Waals surface area contributed by atoms with Gasteiger partial charge in [0, 0.05) is 24.0 Å². The number of halogens is 1. The predicted molar refractivity (Wildman–Crippen MR) is 63.1 cm³/mol. The smallest absolute Gasteiger partial charge is 0.0546 e. The fourth-order valence-electron chi connectivity index (χ4n) is 1.08. The molecule has 1 atom stereocenters. The molecule has 1 aromatic rings. The Balaban J connectivity index is 3.07. The zero-order chi connectivity index (χ0) is 10.0. The Hall–Kier alpha value is -0.360. The molecule has 3 nitrogen and oxygen atoms in total. The molecule has 1 aromatic heterocycles. The Kier molecular flexibility index (Phi) is 3.49. The Morgan fingerprint density at radius 1 is 1.38 bits per heavy atom. The number of nitrogens with zero attached hydrogens (tertiary/aromatic N) is 1. The van der Waals surface area contributed by atoms with Gasteiger partial charge in [-0.05, 0) is 28.5 Å². The number of nitrogens with two attached hydrogens (primary N) is 2. The lowest BCUT2D eigenvalue weighted by Gasteiger charge is -2.17. The maximum absolute atomic E-state index is 5.98. The fourth-order valence-corrected chi connectivity index (χ4v) is 1.56. The highest BCUT2D eigenvalue weighted by Gasteiger charge is 2.14. The van der Waals surface area contributed by atoms with E-state index >= 15 is 0 Å². The zero-order valence-electron chi connectivity index (χ0n) is 7.79. The van der Waals surface area contributed by atoms with Gasteiger partial charge in [0.25, 0.3) is 0 Å². The first-order valence-electron chi connectivity index (χ1n) is 4.18. The van der Waals surface area contributed by atoms with Crippen molar-refractivity contribution in [2.24, 2.45) is 11.7 Å². The van der Waals surface area contributed by atoms with E-state index in [4.69, 9.17) is 11.5 Å². The van der Waals surface area contributed by atoms with Crippen LogP contribution in [0, 0.1) is 9.49 Å². The van der Waals surface area contributed by atoms with Crippen LogP contribution in [0.4, 0.5) is 5.69 Å². The third-order valence-electron chi connectivity index (χ3n) is 2.05. The molecule has 0 amide bonds. The molecule has 4 heteroatoms. The Morgan fingerprint density at radius 3 is 2.54 bits per heavy atom. The second-order valence-electron chi connectivity index (χ2n) is 3.39. The lowest BCUT2D eigenvalue weighted by atomic mass is 9.97. The molecule has 13 heavy (non-hydrogen) atoms. The minimum Gasteiger partial charge on any atom is -0.398 e. The highest BCUT2D eigenvalue weighted by Crippen LogP contribution is 2.26. The van der Waals surface area contributed by atoms with Crippen LogP contribution in [0.25, 0.3) is 0 Å². The highest BCUT2D eigenvalue weighted by atomic mass is 127. The molecule has 1 rings (SSSR count). The molecule has 0 aliphatic carbocycles. The monoisotopic (exact) mass is 291 g/mol. The van der Waals surface area contributed by atoms with Crippen molar-refractivity contribution in [2.75, 3.05) is 5.73 Å². The maximum Gasteiger partial charge on any atom is 0.0546 e. The lowest BCUT2D eigenvalue weighted by Crippen LogP contribution is -2.19. The van der Waals surface area contributed by atoms with Crippen molar-refractivity contribution < 1.29 is 0 Å². The number of anilines is 1. The van der Waals surface area contributed by atoms with Crippen molar-refractivity contribution in [1.29, 1.82) is 0 Å². The number of nitrogen functional groups attached to an aromatic ring is 1. The number of rotatable bonds is 2. The second-order valence-corrected chi connectivity index (χ2v) is 4.56. The summed E-state index contributed by atoms with van der Waals surface area (Å²) in [6.07, 6.45) is 3.49. The molecule has 1 heterocycles. The van der Waals surface area contributed by atoms with Crippen LogP contribution in [0.2, 0.25) is 0 Å². The van der Waals surface area contributed by atoms with E-state index in [1.807, 2.05) is 0 Å². The Bertz CT molecular complexity index is 299. The molecule has 0 fully saturated rings. The van der Waals surface area contributed by atoms with Gasteiger partial charge in [-0.25, -0.2) is 0 Å². The molecule has 0 aliphatic rings. The highest BCUT2D eigenvalue weighted by molar-refractivity contribution is 14.1. The van der Waals surface area contributed by atoms with Crippen LogP contribution >= 0.6 is 22.6 Å². The van der Waals surface area contributed by atoms with Crippen LogP contribution in [0.5, 0.6) is 0 Å². The van der Waals surface area contributed by atoms with Gasteiger partial charge < -0.3 is 11.5 Å². The van der Waals surface area contributed by atoms with Gasteiger partial charge in [-0.2, -0.15) is 0 Å².